The topological polar surface area (TPSA) is 106 Å². The molecule has 0 bridgehead atoms. The highest BCUT2D eigenvalue weighted by atomic mass is 35.5. The van der Waals surface area contributed by atoms with Gasteiger partial charge in [-0.05, 0) is 35.4 Å². The number of hydrazone groups is 2. The Labute approximate surface area is 265 Å². The summed E-state index contributed by atoms with van der Waals surface area (Å²) in [5.74, 6) is -0.633. The Kier molecular flexibility index (Phi) is 8.99. The molecule has 2 heterocycles. The maximum absolute atomic E-state index is 11.9. The number of rotatable bonds is 4. The maximum Gasteiger partial charge on any atom is 0.242 e. The summed E-state index contributed by atoms with van der Waals surface area (Å²) in [6, 6.07) is 32.6. The van der Waals surface area contributed by atoms with Gasteiger partial charge in [0.1, 0.15) is 0 Å². The lowest BCUT2D eigenvalue weighted by atomic mass is 9.95. The first-order chi connectivity index (χ1) is 21.0. The number of aliphatic hydroxyl groups is 2. The molecule has 0 saturated carbocycles. The zero-order chi connectivity index (χ0) is 31.5. The van der Waals surface area contributed by atoms with Gasteiger partial charge in [-0.15, -0.1) is 0 Å². The Morgan fingerprint density at radius 2 is 0.909 bits per heavy atom. The van der Waals surface area contributed by atoms with E-state index in [2.05, 4.69) is 10.2 Å². The van der Waals surface area contributed by atoms with Crippen LogP contribution in [0.1, 0.15) is 48.9 Å². The molecule has 4 aromatic carbocycles. The predicted octanol–water partition coefficient (Wildman–Crippen LogP) is 6.28. The van der Waals surface area contributed by atoms with Crippen LogP contribution in [0.25, 0.3) is 0 Å². The molecule has 224 valence electrons. The zero-order valence-corrected chi connectivity index (χ0v) is 25.6. The van der Waals surface area contributed by atoms with E-state index in [1.54, 1.807) is 48.5 Å². The molecule has 0 aromatic heterocycles. The summed E-state index contributed by atoms with van der Waals surface area (Å²) >= 11 is 11.8. The summed E-state index contributed by atoms with van der Waals surface area (Å²) in [5, 5.41) is 34.2. The number of carbonyl (C=O) groups excluding carboxylic acids is 2. The summed E-state index contributed by atoms with van der Waals surface area (Å²) in [7, 11) is 0. The number of nitrogens with zero attached hydrogens (tertiary/aromatic N) is 4. The van der Waals surface area contributed by atoms with Gasteiger partial charge in [0, 0.05) is 47.9 Å². The molecule has 8 nitrogen and oxygen atoms in total. The summed E-state index contributed by atoms with van der Waals surface area (Å²) < 4.78 is 0. The fraction of sp³-hybridized carbons (Fsp3) is 0.176. The highest BCUT2D eigenvalue weighted by molar-refractivity contribution is 6.30. The molecule has 0 aliphatic carbocycles. The van der Waals surface area contributed by atoms with E-state index in [-0.39, 0.29) is 24.7 Å². The molecule has 2 amide bonds. The molecule has 2 atom stereocenters. The van der Waals surface area contributed by atoms with E-state index < -0.39 is 11.4 Å². The molecule has 0 saturated heterocycles. The second-order valence-corrected chi connectivity index (χ2v) is 11.4. The molecule has 0 spiro atoms. The van der Waals surface area contributed by atoms with Gasteiger partial charge in [-0.25, -0.2) is 0 Å². The molecular weight excluding hydrogens is 599 g/mol. The normalized spacial score (nSPS) is 20.9. The second kappa shape index (κ2) is 12.7. The predicted molar refractivity (Wildman–Crippen MR) is 171 cm³/mol. The quantitative estimate of drug-likeness (QED) is 0.277. The third kappa shape index (κ3) is 6.30. The molecule has 0 radical (unpaired) electrons. The standard InChI is InChI=1S/2C17H15ClN2O2/c2*1-12(21)20-17(22,14-7-9-15(18)10-8-14)11-16(19-20)13-5-3-2-4-6-13/h2*2-10,22H,11H2,1H3/t2*17-/m10/s1. The summed E-state index contributed by atoms with van der Waals surface area (Å²) in [4.78, 5) is 23.8. The number of carbonyl (C=O) groups is 2. The van der Waals surface area contributed by atoms with Crippen molar-refractivity contribution in [2.75, 3.05) is 0 Å². The monoisotopic (exact) mass is 628 g/mol. The van der Waals surface area contributed by atoms with Crippen molar-refractivity contribution in [2.24, 2.45) is 10.2 Å². The van der Waals surface area contributed by atoms with Crippen molar-refractivity contribution in [1.29, 1.82) is 0 Å². The molecular formula is C34H30Cl2N4O4. The molecule has 4 aromatic rings. The Morgan fingerprint density at radius 1 is 0.591 bits per heavy atom. The van der Waals surface area contributed by atoms with Crippen LogP contribution in [-0.4, -0.2) is 43.5 Å². The van der Waals surface area contributed by atoms with Crippen LogP contribution >= 0.6 is 23.2 Å². The van der Waals surface area contributed by atoms with Crippen LogP contribution in [0.15, 0.2) is 119 Å². The van der Waals surface area contributed by atoms with Crippen molar-refractivity contribution in [3.8, 4) is 0 Å². The highest BCUT2D eigenvalue weighted by Gasteiger charge is 2.46. The van der Waals surface area contributed by atoms with Crippen LogP contribution < -0.4 is 0 Å². The number of hydrogen-bond acceptors (Lipinski definition) is 6. The van der Waals surface area contributed by atoms with Gasteiger partial charge in [-0.2, -0.15) is 20.2 Å². The number of hydrogen-bond donors (Lipinski definition) is 2. The molecule has 0 fully saturated rings. The summed E-state index contributed by atoms with van der Waals surface area (Å²) in [5.41, 5.74) is 1.32. The lowest BCUT2D eigenvalue weighted by molar-refractivity contribution is -0.156. The van der Waals surface area contributed by atoms with E-state index in [9.17, 15) is 19.8 Å². The van der Waals surface area contributed by atoms with Crippen molar-refractivity contribution in [3.63, 3.8) is 0 Å². The molecule has 2 aliphatic heterocycles. The SMILES string of the molecule is CC(=O)N1N=C(c2ccccc2)C[C@@]1(O)c1ccc(Cl)cc1.CC(=O)N1N=C(c2ccccc2)C[C@]1(O)c1ccc(Cl)cc1. The first-order valence-corrected chi connectivity index (χ1v) is 14.6. The van der Waals surface area contributed by atoms with Gasteiger partial charge in [0.05, 0.1) is 11.4 Å². The van der Waals surface area contributed by atoms with Gasteiger partial charge in [-0.3, -0.25) is 9.59 Å². The Morgan fingerprint density at radius 3 is 1.20 bits per heavy atom. The minimum absolute atomic E-state index is 0.234. The fourth-order valence-electron chi connectivity index (χ4n) is 5.22. The molecule has 6 rings (SSSR count). The van der Waals surface area contributed by atoms with E-state index in [0.717, 1.165) is 21.1 Å². The van der Waals surface area contributed by atoms with E-state index in [4.69, 9.17) is 23.2 Å². The number of benzene rings is 4. The van der Waals surface area contributed by atoms with Gasteiger partial charge in [0.25, 0.3) is 0 Å². The number of halogens is 2. The number of amides is 2. The molecule has 2 N–H and O–H groups in total. The molecule has 2 aliphatic rings. The van der Waals surface area contributed by atoms with Crippen molar-refractivity contribution in [1.82, 2.24) is 10.0 Å². The first kappa shape index (κ1) is 31.1. The van der Waals surface area contributed by atoms with Gasteiger partial charge < -0.3 is 10.2 Å². The van der Waals surface area contributed by atoms with Crippen LogP contribution in [0.2, 0.25) is 10.0 Å². The van der Waals surface area contributed by atoms with Crippen LogP contribution in [-0.2, 0) is 21.0 Å². The average molecular weight is 630 g/mol. The van der Waals surface area contributed by atoms with Crippen LogP contribution in [0.4, 0.5) is 0 Å². The van der Waals surface area contributed by atoms with Crippen LogP contribution in [0.3, 0.4) is 0 Å². The highest BCUT2D eigenvalue weighted by Crippen LogP contribution is 2.38. The summed E-state index contributed by atoms with van der Waals surface area (Å²) in [6.07, 6.45) is 0.469. The lowest BCUT2D eigenvalue weighted by Gasteiger charge is -2.30. The van der Waals surface area contributed by atoms with Crippen LogP contribution in [0.5, 0.6) is 0 Å². The minimum Gasteiger partial charge on any atom is -0.365 e. The van der Waals surface area contributed by atoms with Gasteiger partial charge in [0.15, 0.2) is 11.4 Å². The smallest absolute Gasteiger partial charge is 0.242 e. The Balaban J connectivity index is 0.000000175. The molecule has 44 heavy (non-hydrogen) atoms. The van der Waals surface area contributed by atoms with E-state index in [1.807, 2.05) is 60.7 Å². The first-order valence-electron chi connectivity index (χ1n) is 13.9. The molecule has 0 unspecified atom stereocenters. The third-order valence-corrected chi connectivity index (χ3v) is 7.90. The van der Waals surface area contributed by atoms with E-state index in [1.165, 1.54) is 13.8 Å². The Bertz CT molecular complexity index is 1590. The zero-order valence-electron chi connectivity index (χ0n) is 24.1. The average Bonchev–Trinajstić information content (AvgIpc) is 3.58. The fourth-order valence-corrected chi connectivity index (χ4v) is 5.47. The minimum atomic E-state index is -1.48. The largest absolute Gasteiger partial charge is 0.365 e. The Hall–Kier alpha value is -4.34. The van der Waals surface area contributed by atoms with E-state index in [0.29, 0.717) is 32.6 Å². The van der Waals surface area contributed by atoms with Crippen molar-refractivity contribution in [3.05, 3.63) is 141 Å². The van der Waals surface area contributed by atoms with Gasteiger partial charge in [-0.1, -0.05) is 108 Å². The summed E-state index contributed by atoms with van der Waals surface area (Å²) in [6.45, 7) is 2.77. The maximum atomic E-state index is 11.9. The molecule has 10 heteroatoms. The van der Waals surface area contributed by atoms with E-state index >= 15 is 0 Å². The van der Waals surface area contributed by atoms with Crippen molar-refractivity contribution < 1.29 is 19.8 Å². The van der Waals surface area contributed by atoms with Gasteiger partial charge >= 0.3 is 0 Å². The van der Waals surface area contributed by atoms with Crippen molar-refractivity contribution >= 4 is 46.4 Å². The third-order valence-electron chi connectivity index (χ3n) is 7.39. The lowest BCUT2D eigenvalue weighted by Crippen LogP contribution is -2.42. The van der Waals surface area contributed by atoms with Crippen molar-refractivity contribution in [2.45, 2.75) is 38.1 Å². The second-order valence-electron chi connectivity index (χ2n) is 10.5. The van der Waals surface area contributed by atoms with Gasteiger partial charge in [0.2, 0.25) is 11.8 Å². The van der Waals surface area contributed by atoms with Crippen LogP contribution in [0, 0.1) is 0 Å².